The van der Waals surface area contributed by atoms with Crippen molar-refractivity contribution in [1.82, 2.24) is 20.8 Å². The predicted octanol–water partition coefficient (Wildman–Crippen LogP) is 1.85. The Bertz CT molecular complexity index is 366. The van der Waals surface area contributed by atoms with E-state index in [0.717, 1.165) is 18.9 Å². The molecule has 1 unspecified atom stereocenters. The van der Waals surface area contributed by atoms with Crippen LogP contribution in [0.5, 0.6) is 0 Å². The first-order valence-corrected chi connectivity index (χ1v) is 5.99. The average molecular weight is 367 g/mol. The molecule has 6 nitrogen and oxygen atoms in total. The number of aryl methyl sites for hydroxylation is 1. The maximum Gasteiger partial charge on any atom is 0.248 e. The maximum atomic E-state index is 5.00. The fourth-order valence-electron chi connectivity index (χ4n) is 1.21. The smallest absolute Gasteiger partial charge is 0.248 e. The van der Waals surface area contributed by atoms with Crippen molar-refractivity contribution in [2.75, 3.05) is 6.54 Å². The zero-order valence-electron chi connectivity index (χ0n) is 11.4. The van der Waals surface area contributed by atoms with Crippen molar-refractivity contribution in [3.8, 4) is 0 Å². The first-order valence-electron chi connectivity index (χ1n) is 5.99. The number of aliphatic imine (C=N–C) groups is 1. The molecule has 1 rings (SSSR count). The molecule has 0 aliphatic rings. The lowest BCUT2D eigenvalue weighted by Gasteiger charge is -2.15. The topological polar surface area (TPSA) is 75.3 Å². The third kappa shape index (κ3) is 6.18. The lowest BCUT2D eigenvalue weighted by Crippen LogP contribution is -2.41. The third-order valence-corrected chi connectivity index (χ3v) is 2.28. The molecule has 0 aliphatic heterocycles. The van der Waals surface area contributed by atoms with Crippen LogP contribution in [-0.4, -0.2) is 28.7 Å². The quantitative estimate of drug-likeness (QED) is 0.472. The van der Waals surface area contributed by atoms with Crippen LogP contribution in [0.3, 0.4) is 0 Å². The summed E-state index contributed by atoms with van der Waals surface area (Å²) < 4.78 is 5.00. The normalized spacial score (nSPS) is 12.8. The molecule has 18 heavy (non-hydrogen) atoms. The van der Waals surface area contributed by atoms with E-state index in [4.69, 9.17) is 4.52 Å². The number of hydrogen-bond donors (Lipinski definition) is 2. The standard InChI is InChI=1S/C11H21N5O.HI/c1-5-8(3)14-11(12-6-2)13-7-10-15-9(4)16-17-10;/h8H,5-7H2,1-4H3,(H2,12,13,14);1H. The molecule has 1 aromatic heterocycles. The molecular weight excluding hydrogens is 345 g/mol. The molecule has 0 saturated heterocycles. The minimum Gasteiger partial charge on any atom is -0.357 e. The summed E-state index contributed by atoms with van der Waals surface area (Å²) in [6, 6.07) is 0.386. The SMILES string of the molecule is CCNC(=NCc1nc(C)no1)NC(C)CC.I. The fraction of sp³-hybridized carbons (Fsp3) is 0.727. The number of nitrogens with one attached hydrogen (secondary N) is 2. The van der Waals surface area contributed by atoms with Crippen LogP contribution in [0.4, 0.5) is 0 Å². The Morgan fingerprint density at radius 1 is 1.44 bits per heavy atom. The molecule has 0 radical (unpaired) electrons. The van der Waals surface area contributed by atoms with Gasteiger partial charge in [0, 0.05) is 12.6 Å². The van der Waals surface area contributed by atoms with Crippen molar-refractivity contribution in [3.05, 3.63) is 11.7 Å². The molecule has 0 bridgehead atoms. The van der Waals surface area contributed by atoms with Gasteiger partial charge < -0.3 is 15.2 Å². The second-order valence-corrected chi connectivity index (χ2v) is 3.88. The Balaban J connectivity index is 0.00000289. The van der Waals surface area contributed by atoms with Gasteiger partial charge in [-0.3, -0.25) is 0 Å². The van der Waals surface area contributed by atoms with E-state index in [1.165, 1.54) is 0 Å². The van der Waals surface area contributed by atoms with Gasteiger partial charge in [0.2, 0.25) is 5.89 Å². The number of rotatable bonds is 5. The summed E-state index contributed by atoms with van der Waals surface area (Å²) in [6.45, 7) is 9.29. The molecule has 1 atom stereocenters. The van der Waals surface area contributed by atoms with Gasteiger partial charge >= 0.3 is 0 Å². The molecule has 0 aliphatic carbocycles. The second-order valence-electron chi connectivity index (χ2n) is 3.88. The molecule has 0 fully saturated rings. The van der Waals surface area contributed by atoms with Crippen LogP contribution in [0.1, 0.15) is 38.9 Å². The number of guanidine groups is 1. The number of hydrogen-bond acceptors (Lipinski definition) is 4. The van der Waals surface area contributed by atoms with Gasteiger partial charge in [0.25, 0.3) is 0 Å². The third-order valence-electron chi connectivity index (χ3n) is 2.28. The fourth-order valence-corrected chi connectivity index (χ4v) is 1.21. The highest BCUT2D eigenvalue weighted by Crippen LogP contribution is 1.97. The molecule has 0 amide bonds. The highest BCUT2D eigenvalue weighted by molar-refractivity contribution is 14.0. The summed E-state index contributed by atoms with van der Waals surface area (Å²) in [5, 5.41) is 10.2. The van der Waals surface area contributed by atoms with Crippen molar-refractivity contribution in [2.24, 2.45) is 4.99 Å². The Hall–Kier alpha value is -0.860. The number of nitrogens with zero attached hydrogens (tertiary/aromatic N) is 3. The average Bonchev–Trinajstić information content (AvgIpc) is 2.72. The molecule has 2 N–H and O–H groups in total. The summed E-state index contributed by atoms with van der Waals surface area (Å²) in [7, 11) is 0. The van der Waals surface area contributed by atoms with E-state index in [9.17, 15) is 0 Å². The van der Waals surface area contributed by atoms with Crippen LogP contribution in [-0.2, 0) is 6.54 Å². The summed E-state index contributed by atoms with van der Waals surface area (Å²) in [5.41, 5.74) is 0. The van der Waals surface area contributed by atoms with E-state index in [1.54, 1.807) is 6.92 Å². The first-order chi connectivity index (χ1) is 8.15. The van der Waals surface area contributed by atoms with Crippen molar-refractivity contribution < 1.29 is 4.52 Å². The van der Waals surface area contributed by atoms with Gasteiger partial charge in [-0.15, -0.1) is 24.0 Å². The van der Waals surface area contributed by atoms with E-state index in [-0.39, 0.29) is 24.0 Å². The molecule has 1 aromatic rings. The summed E-state index contributed by atoms with van der Waals surface area (Å²) in [4.78, 5) is 8.48. The van der Waals surface area contributed by atoms with Gasteiger partial charge in [0.05, 0.1) is 0 Å². The van der Waals surface area contributed by atoms with Gasteiger partial charge in [0.15, 0.2) is 11.8 Å². The van der Waals surface area contributed by atoms with Crippen LogP contribution in [0.25, 0.3) is 0 Å². The first kappa shape index (κ1) is 17.1. The molecule has 1 heterocycles. The van der Waals surface area contributed by atoms with Gasteiger partial charge in [-0.25, -0.2) is 4.99 Å². The zero-order valence-corrected chi connectivity index (χ0v) is 13.7. The Labute approximate surface area is 125 Å². The monoisotopic (exact) mass is 367 g/mol. The van der Waals surface area contributed by atoms with E-state index >= 15 is 0 Å². The van der Waals surface area contributed by atoms with E-state index in [1.807, 2.05) is 6.92 Å². The van der Waals surface area contributed by atoms with Gasteiger partial charge in [-0.2, -0.15) is 4.98 Å². The van der Waals surface area contributed by atoms with Crippen molar-refractivity contribution in [1.29, 1.82) is 0 Å². The second kappa shape index (κ2) is 9.12. The number of aromatic nitrogens is 2. The molecule has 0 saturated carbocycles. The van der Waals surface area contributed by atoms with Crippen LogP contribution in [0.15, 0.2) is 9.52 Å². The van der Waals surface area contributed by atoms with Crippen molar-refractivity contribution in [3.63, 3.8) is 0 Å². The highest BCUT2D eigenvalue weighted by atomic mass is 127. The van der Waals surface area contributed by atoms with E-state index in [2.05, 4.69) is 39.6 Å². The lowest BCUT2D eigenvalue weighted by atomic mass is 10.3. The van der Waals surface area contributed by atoms with Gasteiger partial charge in [-0.1, -0.05) is 12.1 Å². The van der Waals surface area contributed by atoms with E-state index < -0.39 is 0 Å². The van der Waals surface area contributed by atoms with E-state index in [0.29, 0.717) is 24.3 Å². The molecule has 104 valence electrons. The summed E-state index contributed by atoms with van der Waals surface area (Å²) in [6.07, 6.45) is 1.05. The van der Waals surface area contributed by atoms with Crippen molar-refractivity contribution >= 4 is 29.9 Å². The minimum absolute atomic E-state index is 0. The molecule has 0 spiro atoms. The maximum absolute atomic E-state index is 5.00. The van der Waals surface area contributed by atoms with Crippen molar-refractivity contribution in [2.45, 2.75) is 46.7 Å². The zero-order chi connectivity index (χ0) is 12.7. The van der Waals surface area contributed by atoms with Crippen LogP contribution < -0.4 is 10.6 Å². The minimum atomic E-state index is 0. The Morgan fingerprint density at radius 3 is 2.67 bits per heavy atom. The van der Waals surface area contributed by atoms with Gasteiger partial charge in [0.1, 0.15) is 6.54 Å². The summed E-state index contributed by atoms with van der Waals surface area (Å²) in [5.74, 6) is 1.94. The van der Waals surface area contributed by atoms with Crippen LogP contribution in [0, 0.1) is 6.92 Å². The molecule has 0 aromatic carbocycles. The molecule has 7 heteroatoms. The number of halogens is 1. The predicted molar refractivity (Wildman–Crippen MR) is 82.2 cm³/mol. The molecular formula is C11H22IN5O. The summed E-state index contributed by atoms with van der Waals surface area (Å²) >= 11 is 0. The Morgan fingerprint density at radius 2 is 2.17 bits per heavy atom. The largest absolute Gasteiger partial charge is 0.357 e. The Kier molecular flexibility index (Phi) is 8.69. The highest BCUT2D eigenvalue weighted by Gasteiger charge is 2.04. The van der Waals surface area contributed by atoms with Crippen LogP contribution >= 0.6 is 24.0 Å². The lowest BCUT2D eigenvalue weighted by molar-refractivity contribution is 0.376. The van der Waals surface area contributed by atoms with Crippen LogP contribution in [0.2, 0.25) is 0 Å². The van der Waals surface area contributed by atoms with Gasteiger partial charge in [-0.05, 0) is 27.2 Å².